The van der Waals surface area contributed by atoms with Crippen molar-refractivity contribution in [1.82, 2.24) is 14.5 Å². The van der Waals surface area contributed by atoms with Crippen molar-refractivity contribution in [3.63, 3.8) is 0 Å². The van der Waals surface area contributed by atoms with Crippen molar-refractivity contribution in [1.29, 1.82) is 0 Å². The highest BCUT2D eigenvalue weighted by Crippen LogP contribution is 2.40. The Morgan fingerprint density at radius 1 is 1.24 bits per heavy atom. The number of aromatic nitrogens is 3. The maximum atomic E-state index is 12.4. The van der Waals surface area contributed by atoms with E-state index in [1.165, 1.54) is 17.0 Å². The molecule has 2 aromatic heterocycles. The maximum Gasteiger partial charge on any atom is 0.491 e. The van der Waals surface area contributed by atoms with Crippen molar-refractivity contribution < 1.29 is 27.4 Å². The van der Waals surface area contributed by atoms with Gasteiger partial charge in [0.2, 0.25) is 0 Å². The Bertz CT molecular complexity index is 1450. The minimum absolute atomic E-state index is 0.141. The molecule has 38 heavy (non-hydrogen) atoms. The molecular weight excluding hydrogens is 541 g/mol. The predicted octanol–water partition coefficient (Wildman–Crippen LogP) is 6.86. The Hall–Kier alpha value is -3.57. The number of halogens is 4. The zero-order valence-corrected chi connectivity index (χ0v) is 21.7. The molecule has 2 aromatic carbocycles. The van der Waals surface area contributed by atoms with E-state index in [2.05, 4.69) is 15.0 Å². The zero-order chi connectivity index (χ0) is 26.9. The van der Waals surface area contributed by atoms with Crippen LogP contribution in [0.25, 0.3) is 5.69 Å². The zero-order valence-electron chi connectivity index (χ0n) is 20.1. The first-order valence-corrected chi connectivity index (χ1v) is 12.9. The van der Waals surface area contributed by atoms with Crippen molar-refractivity contribution in [3.05, 3.63) is 76.3 Å². The summed E-state index contributed by atoms with van der Waals surface area (Å²) in [4.78, 5) is 21.2. The van der Waals surface area contributed by atoms with Gasteiger partial charge in [-0.05, 0) is 55.5 Å². The van der Waals surface area contributed by atoms with E-state index >= 15 is 0 Å². The summed E-state index contributed by atoms with van der Waals surface area (Å²) in [7, 11) is 1.60. The van der Waals surface area contributed by atoms with Crippen LogP contribution in [-0.4, -0.2) is 33.8 Å². The van der Waals surface area contributed by atoms with E-state index in [4.69, 9.17) is 21.3 Å². The molecule has 1 N–H and O–H groups in total. The van der Waals surface area contributed by atoms with Crippen molar-refractivity contribution in [2.45, 2.75) is 37.8 Å². The molecule has 0 spiro atoms. The summed E-state index contributed by atoms with van der Waals surface area (Å²) in [5, 5.41) is 4.54. The van der Waals surface area contributed by atoms with Gasteiger partial charge in [0.25, 0.3) is 0 Å². The summed E-state index contributed by atoms with van der Waals surface area (Å²) in [5.41, 5.74) is 3.59. The van der Waals surface area contributed by atoms with Gasteiger partial charge in [-0.25, -0.2) is 14.8 Å². The van der Waals surface area contributed by atoms with Crippen LogP contribution in [-0.2, 0) is 17.6 Å². The standard InChI is InChI=1S/C26H22ClF3N4O3S/c1-36-20-12-17(7-10-19(20)34-13-22(27)31-14-34)32-25-33-23-16(3-2-4-21(23)38-25)11-15-5-8-18(9-6-15)37-24(35)26(28,29)30/h5-10,12-14,16H,2-4,11H2,1H3,(H,32,33). The number of ether oxygens (including phenoxy) is 2. The molecule has 5 rings (SSSR count). The minimum Gasteiger partial charge on any atom is -0.494 e. The first-order valence-electron chi connectivity index (χ1n) is 11.7. The number of carbonyl (C=O) groups is 1. The number of hydrogen-bond donors (Lipinski definition) is 1. The first-order chi connectivity index (χ1) is 18.2. The van der Waals surface area contributed by atoms with Crippen LogP contribution in [0.15, 0.2) is 55.0 Å². The quantitative estimate of drug-likeness (QED) is 0.196. The van der Waals surface area contributed by atoms with Gasteiger partial charge in [-0.1, -0.05) is 23.7 Å². The van der Waals surface area contributed by atoms with Crippen LogP contribution in [0.1, 0.15) is 34.9 Å². The number of rotatable bonds is 7. The number of imidazole rings is 1. The number of anilines is 2. The Labute approximate surface area is 225 Å². The van der Waals surface area contributed by atoms with Crippen LogP contribution >= 0.6 is 22.9 Å². The fraction of sp³-hybridized carbons (Fsp3) is 0.269. The Morgan fingerprint density at radius 3 is 2.71 bits per heavy atom. The number of carbonyl (C=O) groups excluding carboxylic acids is 1. The predicted molar refractivity (Wildman–Crippen MR) is 138 cm³/mol. The number of esters is 1. The van der Waals surface area contributed by atoms with Crippen LogP contribution in [0.2, 0.25) is 5.15 Å². The number of hydrogen-bond acceptors (Lipinski definition) is 7. The van der Waals surface area contributed by atoms with E-state index in [0.29, 0.717) is 17.3 Å². The molecular formula is C26H22ClF3N4O3S. The van der Waals surface area contributed by atoms with Crippen LogP contribution in [0.3, 0.4) is 0 Å². The number of nitrogens with zero attached hydrogens (tertiary/aromatic N) is 3. The van der Waals surface area contributed by atoms with Crippen LogP contribution < -0.4 is 14.8 Å². The fourth-order valence-electron chi connectivity index (χ4n) is 4.43. The number of nitrogens with one attached hydrogen (secondary N) is 1. The number of alkyl halides is 3. The highest BCUT2D eigenvalue weighted by atomic mass is 35.5. The second kappa shape index (κ2) is 10.7. The molecule has 4 aromatic rings. The molecule has 198 valence electrons. The van der Waals surface area contributed by atoms with E-state index < -0.39 is 12.1 Å². The first kappa shape index (κ1) is 26.1. The highest BCUT2D eigenvalue weighted by Gasteiger charge is 2.41. The Balaban J connectivity index is 1.29. The number of fused-ring (bicyclic) bond motifs is 1. The summed E-state index contributed by atoms with van der Waals surface area (Å²) < 4.78 is 49.0. The Morgan fingerprint density at radius 2 is 2.03 bits per heavy atom. The van der Waals surface area contributed by atoms with Crippen molar-refractivity contribution >= 4 is 39.7 Å². The molecule has 0 aliphatic heterocycles. The third kappa shape index (κ3) is 5.78. The van der Waals surface area contributed by atoms with Gasteiger partial charge in [-0.15, -0.1) is 11.3 Å². The van der Waals surface area contributed by atoms with Gasteiger partial charge >= 0.3 is 12.1 Å². The lowest BCUT2D eigenvalue weighted by molar-refractivity contribution is -0.189. The van der Waals surface area contributed by atoms with Crippen LogP contribution in [0.5, 0.6) is 11.5 Å². The van der Waals surface area contributed by atoms with Crippen molar-refractivity contribution in [3.8, 4) is 17.2 Å². The van der Waals surface area contributed by atoms with Crippen LogP contribution in [0.4, 0.5) is 24.0 Å². The lowest BCUT2D eigenvalue weighted by Gasteiger charge is -2.21. The molecule has 12 heteroatoms. The molecule has 0 amide bonds. The number of methoxy groups -OCH3 is 1. The maximum absolute atomic E-state index is 12.4. The molecule has 1 aliphatic carbocycles. The molecule has 1 aliphatic rings. The van der Waals surface area contributed by atoms with E-state index in [1.807, 2.05) is 18.2 Å². The SMILES string of the molecule is COc1cc(Nc2nc3c(s2)CCCC3Cc2ccc(OC(=O)C(F)(F)F)cc2)ccc1-n1cnc(Cl)c1. The summed E-state index contributed by atoms with van der Waals surface area (Å²) in [5.74, 6) is -1.55. The van der Waals surface area contributed by atoms with Gasteiger partial charge in [0.05, 0.1) is 18.5 Å². The molecule has 7 nitrogen and oxygen atoms in total. The fourth-order valence-corrected chi connectivity index (χ4v) is 5.68. The lowest BCUT2D eigenvalue weighted by Crippen LogP contribution is -2.27. The average Bonchev–Trinajstić information content (AvgIpc) is 3.50. The molecule has 0 saturated carbocycles. The molecule has 0 fully saturated rings. The van der Waals surface area contributed by atoms with Gasteiger partial charge in [0.1, 0.15) is 23.0 Å². The van der Waals surface area contributed by atoms with Crippen molar-refractivity contribution in [2.75, 3.05) is 12.4 Å². The summed E-state index contributed by atoms with van der Waals surface area (Å²) in [6.45, 7) is 0. The summed E-state index contributed by atoms with van der Waals surface area (Å²) >= 11 is 7.56. The molecule has 1 unspecified atom stereocenters. The number of benzene rings is 2. The highest BCUT2D eigenvalue weighted by molar-refractivity contribution is 7.15. The molecule has 0 radical (unpaired) electrons. The van der Waals surface area contributed by atoms with E-state index in [1.54, 1.807) is 47.7 Å². The van der Waals surface area contributed by atoms with Gasteiger partial charge in [-0.2, -0.15) is 13.2 Å². The third-order valence-electron chi connectivity index (χ3n) is 6.18. The molecule has 0 saturated heterocycles. The van der Waals surface area contributed by atoms with Crippen molar-refractivity contribution in [2.24, 2.45) is 0 Å². The van der Waals surface area contributed by atoms with Crippen LogP contribution in [0, 0.1) is 0 Å². The van der Waals surface area contributed by atoms with Gasteiger partial charge in [0.15, 0.2) is 5.13 Å². The summed E-state index contributed by atoms with van der Waals surface area (Å²) in [6.07, 6.45) is 1.89. The van der Waals surface area contributed by atoms with E-state index in [9.17, 15) is 18.0 Å². The largest absolute Gasteiger partial charge is 0.494 e. The average molecular weight is 563 g/mol. The van der Waals surface area contributed by atoms with E-state index in [-0.39, 0.29) is 11.7 Å². The van der Waals surface area contributed by atoms with Gasteiger partial charge < -0.3 is 19.4 Å². The Kier molecular flexibility index (Phi) is 7.31. The molecule has 2 heterocycles. The summed E-state index contributed by atoms with van der Waals surface area (Å²) in [6, 6.07) is 11.8. The number of aryl methyl sites for hydroxylation is 1. The second-order valence-corrected chi connectivity index (χ2v) is 10.2. The van der Waals surface area contributed by atoms with Gasteiger partial charge in [-0.3, -0.25) is 0 Å². The monoisotopic (exact) mass is 562 g/mol. The van der Waals surface area contributed by atoms with E-state index in [0.717, 1.165) is 47.0 Å². The van der Waals surface area contributed by atoms with Gasteiger partial charge in [0, 0.05) is 28.7 Å². The smallest absolute Gasteiger partial charge is 0.491 e. The number of thiazole rings is 1. The minimum atomic E-state index is -5.03. The second-order valence-electron chi connectivity index (χ2n) is 8.77. The molecule has 1 atom stereocenters. The lowest BCUT2D eigenvalue weighted by atomic mass is 9.86. The topological polar surface area (TPSA) is 78.3 Å². The third-order valence-corrected chi connectivity index (χ3v) is 7.42. The molecule has 0 bridgehead atoms. The normalized spacial score (nSPS) is 15.1.